The highest BCUT2D eigenvalue weighted by molar-refractivity contribution is 5.83. The lowest BCUT2D eigenvalue weighted by Gasteiger charge is -2.26. The molecule has 0 saturated heterocycles. The lowest BCUT2D eigenvalue weighted by Crippen LogP contribution is -2.39. The summed E-state index contributed by atoms with van der Waals surface area (Å²) in [6, 6.07) is 9.76. The second-order valence-electron chi connectivity index (χ2n) is 6.54. The number of benzene rings is 1. The summed E-state index contributed by atoms with van der Waals surface area (Å²) in [5.74, 6) is -0.218. The highest BCUT2D eigenvalue weighted by Gasteiger charge is 2.22. The molecule has 3 nitrogen and oxygen atoms in total. The minimum atomic E-state index is -0.252. The predicted molar refractivity (Wildman–Crippen MR) is 89.2 cm³/mol. The van der Waals surface area contributed by atoms with Crippen LogP contribution in [-0.4, -0.2) is 19.0 Å². The second-order valence-corrected chi connectivity index (χ2v) is 6.54. The van der Waals surface area contributed by atoms with Crippen LogP contribution >= 0.6 is 0 Å². The molecule has 0 aromatic heterocycles. The topological polar surface area (TPSA) is 55.1 Å². The lowest BCUT2D eigenvalue weighted by molar-refractivity contribution is -0.122. The fraction of sp³-hybridized carbons (Fsp3) is 0.611. The van der Waals surface area contributed by atoms with Crippen LogP contribution in [0.15, 0.2) is 30.3 Å². The van der Waals surface area contributed by atoms with Crippen LogP contribution in [0.1, 0.15) is 57.9 Å². The Morgan fingerprint density at radius 2 is 1.90 bits per heavy atom. The van der Waals surface area contributed by atoms with Gasteiger partial charge >= 0.3 is 0 Å². The predicted octanol–water partition coefficient (Wildman–Crippen LogP) is 3.45. The van der Waals surface area contributed by atoms with Crippen molar-refractivity contribution in [2.45, 2.75) is 52.4 Å². The summed E-state index contributed by atoms with van der Waals surface area (Å²) >= 11 is 0. The highest BCUT2D eigenvalue weighted by Crippen LogP contribution is 2.23. The van der Waals surface area contributed by atoms with E-state index in [0.29, 0.717) is 13.1 Å². The summed E-state index contributed by atoms with van der Waals surface area (Å²) in [5, 5.41) is 3.08. The van der Waals surface area contributed by atoms with Gasteiger partial charge in [-0.3, -0.25) is 4.79 Å². The number of hydrogen-bond acceptors (Lipinski definition) is 2. The first-order valence-corrected chi connectivity index (χ1v) is 8.03. The van der Waals surface area contributed by atoms with E-state index >= 15 is 0 Å². The number of amides is 1. The highest BCUT2D eigenvalue weighted by atomic mass is 16.1. The zero-order valence-electron chi connectivity index (χ0n) is 13.7. The van der Waals surface area contributed by atoms with Crippen LogP contribution in [0.25, 0.3) is 0 Å². The number of carbonyl (C=O) groups excluding carboxylic acids is 1. The molecule has 0 fully saturated rings. The summed E-state index contributed by atoms with van der Waals surface area (Å²) in [6.07, 6.45) is 4.84. The molecular formula is C18H30N2O. The molecule has 1 atom stereocenters. The quantitative estimate of drug-likeness (QED) is 0.684. The van der Waals surface area contributed by atoms with E-state index in [-0.39, 0.29) is 17.2 Å². The summed E-state index contributed by atoms with van der Waals surface area (Å²) in [6.45, 7) is 7.68. The van der Waals surface area contributed by atoms with Crippen LogP contribution in [0, 0.1) is 5.41 Å². The van der Waals surface area contributed by atoms with Gasteiger partial charge < -0.3 is 11.1 Å². The van der Waals surface area contributed by atoms with Gasteiger partial charge in [-0.15, -0.1) is 0 Å². The van der Waals surface area contributed by atoms with Gasteiger partial charge in [0.05, 0.1) is 5.92 Å². The maximum absolute atomic E-state index is 12.4. The molecule has 0 saturated carbocycles. The molecule has 118 valence electrons. The molecule has 1 amide bonds. The van der Waals surface area contributed by atoms with Gasteiger partial charge in [-0.2, -0.15) is 0 Å². The Bertz CT molecular complexity index is 414. The third-order valence-corrected chi connectivity index (χ3v) is 3.95. The van der Waals surface area contributed by atoms with Crippen molar-refractivity contribution < 1.29 is 4.79 Å². The molecule has 21 heavy (non-hydrogen) atoms. The van der Waals surface area contributed by atoms with Gasteiger partial charge in [0.2, 0.25) is 5.91 Å². The van der Waals surface area contributed by atoms with Crippen molar-refractivity contribution in [3.05, 3.63) is 35.9 Å². The molecule has 3 heteroatoms. The number of hydrogen-bond donors (Lipinski definition) is 2. The minimum Gasteiger partial charge on any atom is -0.355 e. The Morgan fingerprint density at radius 3 is 2.48 bits per heavy atom. The van der Waals surface area contributed by atoms with Gasteiger partial charge in [-0.25, -0.2) is 0 Å². The number of nitrogens with two attached hydrogens (primary N) is 1. The van der Waals surface area contributed by atoms with Gasteiger partial charge in [0, 0.05) is 13.1 Å². The first kappa shape index (κ1) is 17.7. The Kier molecular flexibility index (Phi) is 7.44. The first-order chi connectivity index (χ1) is 10.00. The third-order valence-electron chi connectivity index (χ3n) is 3.95. The van der Waals surface area contributed by atoms with Crippen molar-refractivity contribution in [1.29, 1.82) is 0 Å². The Morgan fingerprint density at radius 1 is 1.24 bits per heavy atom. The fourth-order valence-corrected chi connectivity index (χ4v) is 2.47. The van der Waals surface area contributed by atoms with E-state index in [0.717, 1.165) is 12.0 Å². The maximum Gasteiger partial charge on any atom is 0.228 e. The van der Waals surface area contributed by atoms with Crippen LogP contribution in [-0.2, 0) is 4.79 Å². The number of carbonyl (C=O) groups is 1. The van der Waals surface area contributed by atoms with Crippen LogP contribution < -0.4 is 11.1 Å². The van der Waals surface area contributed by atoms with Crippen molar-refractivity contribution in [1.82, 2.24) is 5.32 Å². The summed E-state index contributed by atoms with van der Waals surface area (Å²) < 4.78 is 0. The van der Waals surface area contributed by atoms with Gasteiger partial charge in [0.1, 0.15) is 0 Å². The molecule has 0 bridgehead atoms. The molecule has 0 heterocycles. The van der Waals surface area contributed by atoms with Crippen molar-refractivity contribution in [2.75, 3.05) is 13.1 Å². The maximum atomic E-state index is 12.4. The number of unbranched alkanes of at least 4 members (excludes halogenated alkanes) is 2. The van der Waals surface area contributed by atoms with E-state index < -0.39 is 0 Å². The Hall–Kier alpha value is -1.35. The normalized spacial score (nSPS) is 13.0. The smallest absolute Gasteiger partial charge is 0.228 e. The largest absolute Gasteiger partial charge is 0.355 e. The molecule has 1 rings (SSSR count). The zero-order chi connectivity index (χ0) is 15.7. The van der Waals surface area contributed by atoms with E-state index in [1.165, 1.54) is 19.3 Å². The lowest BCUT2D eigenvalue weighted by atomic mass is 9.86. The van der Waals surface area contributed by atoms with E-state index in [2.05, 4.69) is 26.1 Å². The van der Waals surface area contributed by atoms with Gasteiger partial charge in [0.25, 0.3) is 0 Å². The Balaban J connectivity index is 2.51. The molecule has 0 spiro atoms. The summed E-state index contributed by atoms with van der Waals surface area (Å²) in [7, 11) is 0. The van der Waals surface area contributed by atoms with Crippen LogP contribution in [0.2, 0.25) is 0 Å². The van der Waals surface area contributed by atoms with E-state index in [1.807, 2.05) is 30.3 Å². The molecule has 0 radical (unpaired) electrons. The SMILES string of the molecule is CCCCCC(C)(C)CNC(=O)C(CN)c1ccccc1. The molecule has 3 N–H and O–H groups in total. The van der Waals surface area contributed by atoms with Crippen molar-refractivity contribution >= 4 is 5.91 Å². The molecule has 0 aliphatic carbocycles. The van der Waals surface area contributed by atoms with E-state index in [1.54, 1.807) is 0 Å². The molecule has 1 aromatic rings. The van der Waals surface area contributed by atoms with Crippen molar-refractivity contribution in [2.24, 2.45) is 11.1 Å². The fourth-order valence-electron chi connectivity index (χ4n) is 2.47. The molecule has 0 aliphatic heterocycles. The van der Waals surface area contributed by atoms with Crippen LogP contribution in [0.4, 0.5) is 0 Å². The number of nitrogens with one attached hydrogen (secondary N) is 1. The molecule has 1 aromatic carbocycles. The van der Waals surface area contributed by atoms with E-state index in [4.69, 9.17) is 5.73 Å². The molecular weight excluding hydrogens is 260 g/mol. The number of rotatable bonds is 9. The zero-order valence-corrected chi connectivity index (χ0v) is 13.7. The van der Waals surface area contributed by atoms with Crippen LogP contribution in [0.5, 0.6) is 0 Å². The van der Waals surface area contributed by atoms with Gasteiger partial charge in [-0.1, -0.05) is 70.4 Å². The molecule has 1 unspecified atom stereocenters. The Labute approximate surface area is 129 Å². The average Bonchev–Trinajstić information content (AvgIpc) is 2.47. The summed E-state index contributed by atoms with van der Waals surface area (Å²) in [4.78, 5) is 12.4. The van der Waals surface area contributed by atoms with Gasteiger partial charge in [-0.05, 0) is 17.4 Å². The van der Waals surface area contributed by atoms with Crippen LogP contribution in [0.3, 0.4) is 0 Å². The van der Waals surface area contributed by atoms with Crippen molar-refractivity contribution in [3.8, 4) is 0 Å². The minimum absolute atomic E-state index is 0.0345. The van der Waals surface area contributed by atoms with Crippen molar-refractivity contribution in [3.63, 3.8) is 0 Å². The first-order valence-electron chi connectivity index (χ1n) is 8.03. The second kappa shape index (κ2) is 8.83. The molecule has 0 aliphatic rings. The average molecular weight is 290 g/mol. The third kappa shape index (κ3) is 6.30. The summed E-state index contributed by atoms with van der Waals surface area (Å²) in [5.41, 5.74) is 6.91. The monoisotopic (exact) mass is 290 g/mol. The standard InChI is InChI=1S/C18H30N2O/c1-4-5-9-12-18(2,3)14-20-17(21)16(13-19)15-10-7-6-8-11-15/h6-8,10-11,16H,4-5,9,12-14,19H2,1-3H3,(H,20,21). The van der Waals surface area contributed by atoms with Gasteiger partial charge in [0.15, 0.2) is 0 Å². The van der Waals surface area contributed by atoms with E-state index in [9.17, 15) is 4.79 Å².